The van der Waals surface area contributed by atoms with Crippen molar-refractivity contribution in [3.05, 3.63) is 34.9 Å². The summed E-state index contributed by atoms with van der Waals surface area (Å²) in [5.41, 5.74) is 1.37. The SMILES string of the molecule is CC(=O)C(Br)c1ccc(C#N)cc1C#N. The molecule has 1 atom stereocenters. The highest BCUT2D eigenvalue weighted by molar-refractivity contribution is 9.09. The molecule has 0 saturated heterocycles. The normalized spacial score (nSPS) is 11.2. The van der Waals surface area contributed by atoms with E-state index >= 15 is 0 Å². The number of halogens is 1. The van der Waals surface area contributed by atoms with Crippen LogP contribution in [0.1, 0.15) is 28.4 Å². The molecule has 1 aromatic rings. The van der Waals surface area contributed by atoms with E-state index in [2.05, 4.69) is 15.9 Å². The first kappa shape index (κ1) is 11.4. The fourth-order valence-corrected chi connectivity index (χ4v) is 1.56. The summed E-state index contributed by atoms with van der Waals surface area (Å²) in [4.78, 5) is 10.7. The van der Waals surface area contributed by atoms with Gasteiger partial charge in [-0.15, -0.1) is 0 Å². The highest BCUT2D eigenvalue weighted by Gasteiger charge is 2.16. The second-order valence-electron chi connectivity index (χ2n) is 3.00. The summed E-state index contributed by atoms with van der Waals surface area (Å²) in [6, 6.07) is 8.61. The maximum Gasteiger partial charge on any atom is 0.147 e. The number of hydrogen-bond acceptors (Lipinski definition) is 3. The first-order chi connectivity index (χ1) is 7.10. The molecule has 1 unspecified atom stereocenters. The van der Waals surface area contributed by atoms with E-state index in [1.165, 1.54) is 13.0 Å². The first-order valence-corrected chi connectivity index (χ1v) is 5.10. The maximum absolute atomic E-state index is 11.1. The third-order valence-corrected chi connectivity index (χ3v) is 3.07. The van der Waals surface area contributed by atoms with Crippen molar-refractivity contribution < 1.29 is 4.79 Å². The molecule has 0 aromatic heterocycles. The van der Waals surface area contributed by atoms with Crippen LogP contribution < -0.4 is 0 Å². The van der Waals surface area contributed by atoms with Crippen LogP contribution in [0, 0.1) is 22.7 Å². The van der Waals surface area contributed by atoms with Gasteiger partial charge < -0.3 is 0 Å². The van der Waals surface area contributed by atoms with Crippen LogP contribution >= 0.6 is 15.9 Å². The standard InChI is InChI=1S/C11H7BrN2O/c1-7(15)11(12)10-3-2-8(5-13)4-9(10)6-14/h2-4,11H,1H3. The Labute approximate surface area is 96.1 Å². The zero-order valence-electron chi connectivity index (χ0n) is 7.99. The second kappa shape index (κ2) is 4.72. The van der Waals surface area contributed by atoms with Crippen molar-refractivity contribution in [3.8, 4) is 12.1 Å². The largest absolute Gasteiger partial charge is 0.298 e. The van der Waals surface area contributed by atoms with E-state index in [0.717, 1.165) is 0 Å². The molecule has 0 radical (unpaired) electrons. The minimum Gasteiger partial charge on any atom is -0.298 e. The fourth-order valence-electron chi connectivity index (χ4n) is 1.16. The molecule has 1 rings (SSSR count). The summed E-state index contributed by atoms with van der Waals surface area (Å²) in [6.07, 6.45) is 0. The lowest BCUT2D eigenvalue weighted by atomic mass is 10.0. The van der Waals surface area contributed by atoms with Crippen molar-refractivity contribution in [1.29, 1.82) is 10.5 Å². The van der Waals surface area contributed by atoms with Crippen LogP contribution in [0.4, 0.5) is 0 Å². The minimum absolute atomic E-state index is 0.0730. The lowest BCUT2D eigenvalue weighted by Gasteiger charge is -2.08. The van der Waals surface area contributed by atoms with E-state index in [1.807, 2.05) is 12.1 Å². The summed E-state index contributed by atoms with van der Waals surface area (Å²) in [5.74, 6) is -0.0730. The molecule has 4 heteroatoms. The predicted molar refractivity (Wildman–Crippen MR) is 58.2 cm³/mol. The molecule has 3 nitrogen and oxygen atoms in total. The molecular formula is C11H7BrN2O. The van der Waals surface area contributed by atoms with Crippen LogP contribution in [0.15, 0.2) is 18.2 Å². The maximum atomic E-state index is 11.1. The van der Waals surface area contributed by atoms with Crippen molar-refractivity contribution in [2.75, 3.05) is 0 Å². The number of hydrogen-bond donors (Lipinski definition) is 0. The van der Waals surface area contributed by atoms with Gasteiger partial charge in [-0.2, -0.15) is 10.5 Å². The number of carbonyl (C=O) groups is 1. The van der Waals surface area contributed by atoms with E-state index in [4.69, 9.17) is 10.5 Å². The summed E-state index contributed by atoms with van der Waals surface area (Å²) in [5, 5.41) is 17.5. The van der Waals surface area contributed by atoms with Crippen LogP contribution in [0.3, 0.4) is 0 Å². The lowest BCUT2D eigenvalue weighted by Crippen LogP contribution is -2.03. The van der Waals surface area contributed by atoms with Gasteiger partial charge in [0, 0.05) is 0 Å². The number of rotatable bonds is 2. The third-order valence-electron chi connectivity index (χ3n) is 1.93. The third kappa shape index (κ3) is 2.43. The number of alkyl halides is 1. The van der Waals surface area contributed by atoms with Crippen molar-refractivity contribution in [1.82, 2.24) is 0 Å². The Morgan fingerprint density at radius 1 is 1.40 bits per heavy atom. The molecule has 0 N–H and O–H groups in total. The van der Waals surface area contributed by atoms with E-state index in [-0.39, 0.29) is 5.78 Å². The average Bonchev–Trinajstić information content (AvgIpc) is 2.27. The Balaban J connectivity index is 3.28. The summed E-state index contributed by atoms with van der Waals surface area (Å²) in [6.45, 7) is 1.44. The molecule has 0 spiro atoms. The molecule has 0 aliphatic carbocycles. The first-order valence-electron chi connectivity index (χ1n) is 4.18. The van der Waals surface area contributed by atoms with Crippen LogP contribution in [0.2, 0.25) is 0 Å². The molecule has 0 aliphatic heterocycles. The quantitative estimate of drug-likeness (QED) is 0.770. The summed E-state index contributed by atoms with van der Waals surface area (Å²) in [7, 11) is 0. The Morgan fingerprint density at radius 3 is 2.53 bits per heavy atom. The lowest BCUT2D eigenvalue weighted by molar-refractivity contribution is -0.116. The molecule has 1 aromatic carbocycles. The molecule has 0 bridgehead atoms. The smallest absolute Gasteiger partial charge is 0.147 e. The van der Waals surface area contributed by atoms with Crippen molar-refractivity contribution in [2.45, 2.75) is 11.8 Å². The number of nitriles is 2. The molecule has 0 aliphatic rings. The Kier molecular flexibility index (Phi) is 3.60. The number of benzene rings is 1. The van der Waals surface area contributed by atoms with Crippen molar-refractivity contribution in [3.63, 3.8) is 0 Å². The molecular weight excluding hydrogens is 256 g/mol. The van der Waals surface area contributed by atoms with Gasteiger partial charge in [0.15, 0.2) is 0 Å². The Bertz CT molecular complexity index is 482. The van der Waals surface area contributed by atoms with Crippen LogP contribution in [-0.2, 0) is 4.79 Å². The van der Waals surface area contributed by atoms with Crippen LogP contribution in [0.5, 0.6) is 0 Å². The highest BCUT2D eigenvalue weighted by atomic mass is 79.9. The minimum atomic E-state index is -0.486. The van der Waals surface area contributed by atoms with E-state index in [0.29, 0.717) is 16.7 Å². The molecule has 0 amide bonds. The number of nitrogens with zero attached hydrogens (tertiary/aromatic N) is 2. The van der Waals surface area contributed by atoms with Gasteiger partial charge in [0.05, 0.1) is 28.1 Å². The van der Waals surface area contributed by atoms with E-state index in [9.17, 15) is 4.79 Å². The van der Waals surface area contributed by atoms with Gasteiger partial charge in [-0.3, -0.25) is 4.79 Å². The van der Waals surface area contributed by atoms with Gasteiger partial charge in [0.2, 0.25) is 0 Å². The molecule has 0 saturated carbocycles. The molecule has 74 valence electrons. The van der Waals surface area contributed by atoms with Gasteiger partial charge in [0.1, 0.15) is 5.78 Å². The molecule has 0 heterocycles. The topological polar surface area (TPSA) is 64.7 Å². The number of ketones is 1. The summed E-state index contributed by atoms with van der Waals surface area (Å²) >= 11 is 3.20. The van der Waals surface area contributed by atoms with Crippen LogP contribution in [-0.4, -0.2) is 5.78 Å². The summed E-state index contributed by atoms with van der Waals surface area (Å²) < 4.78 is 0. The van der Waals surface area contributed by atoms with Gasteiger partial charge in [0.25, 0.3) is 0 Å². The van der Waals surface area contributed by atoms with Gasteiger partial charge in [-0.25, -0.2) is 0 Å². The zero-order chi connectivity index (χ0) is 11.4. The number of Topliss-reactive ketones (excluding diaryl/α,β-unsaturated/α-hetero) is 1. The monoisotopic (exact) mass is 262 g/mol. The van der Waals surface area contributed by atoms with Crippen LogP contribution in [0.25, 0.3) is 0 Å². The fraction of sp³-hybridized carbons (Fsp3) is 0.182. The Morgan fingerprint density at radius 2 is 2.07 bits per heavy atom. The van der Waals surface area contributed by atoms with Crippen molar-refractivity contribution >= 4 is 21.7 Å². The number of carbonyl (C=O) groups excluding carboxylic acids is 1. The van der Waals surface area contributed by atoms with E-state index in [1.54, 1.807) is 12.1 Å². The van der Waals surface area contributed by atoms with Crippen molar-refractivity contribution in [2.24, 2.45) is 0 Å². The van der Waals surface area contributed by atoms with E-state index < -0.39 is 4.83 Å². The molecule has 0 fully saturated rings. The van der Waals surface area contributed by atoms with Gasteiger partial charge in [-0.1, -0.05) is 22.0 Å². The van der Waals surface area contributed by atoms with Gasteiger partial charge >= 0.3 is 0 Å². The zero-order valence-corrected chi connectivity index (χ0v) is 9.58. The average molecular weight is 263 g/mol. The Hall–Kier alpha value is -1.65. The second-order valence-corrected chi connectivity index (χ2v) is 3.91. The predicted octanol–water partition coefficient (Wildman–Crippen LogP) is 2.45. The highest BCUT2D eigenvalue weighted by Crippen LogP contribution is 2.27. The van der Waals surface area contributed by atoms with Gasteiger partial charge in [-0.05, 0) is 24.6 Å². The molecule has 15 heavy (non-hydrogen) atoms.